The number of rotatable bonds is 4. The molecule has 24 heavy (non-hydrogen) atoms. The molecule has 0 aliphatic carbocycles. The number of anilines is 1. The Kier molecular flexibility index (Phi) is 4.57. The number of nitrogens with one attached hydrogen (secondary N) is 1. The van der Waals surface area contributed by atoms with E-state index in [9.17, 15) is 8.42 Å². The van der Waals surface area contributed by atoms with E-state index in [1.807, 2.05) is 18.3 Å². The molecule has 0 bridgehead atoms. The number of H-pyrrole nitrogens is 1. The zero-order valence-electron chi connectivity index (χ0n) is 14.7. The maximum absolute atomic E-state index is 12.6. The highest BCUT2D eigenvalue weighted by atomic mass is 32.2. The first-order valence-corrected chi connectivity index (χ1v) is 9.96. The fourth-order valence-corrected chi connectivity index (χ4v) is 4.80. The van der Waals surface area contributed by atoms with Crippen molar-refractivity contribution in [2.24, 2.45) is 5.92 Å². The van der Waals surface area contributed by atoms with Crippen molar-refractivity contribution in [3.8, 4) is 0 Å². The van der Waals surface area contributed by atoms with E-state index in [0.717, 1.165) is 23.1 Å². The summed E-state index contributed by atoms with van der Waals surface area (Å²) in [4.78, 5) is 9.68. The van der Waals surface area contributed by atoms with Crippen molar-refractivity contribution in [2.45, 2.75) is 38.5 Å². The van der Waals surface area contributed by atoms with Crippen LogP contribution in [-0.4, -0.2) is 54.1 Å². The number of hydrogen-bond donors (Lipinski definition) is 1. The highest BCUT2D eigenvalue weighted by Crippen LogP contribution is 2.31. The molecule has 0 spiro atoms. The third-order valence-corrected chi connectivity index (χ3v) is 7.39. The summed E-state index contributed by atoms with van der Waals surface area (Å²) in [6.07, 6.45) is 4.55. The van der Waals surface area contributed by atoms with Gasteiger partial charge in [0.2, 0.25) is 10.0 Å². The average Bonchev–Trinajstić information content (AvgIpc) is 3.02. The monoisotopic (exact) mass is 350 g/mol. The van der Waals surface area contributed by atoms with Crippen LogP contribution in [-0.2, 0) is 10.0 Å². The van der Waals surface area contributed by atoms with Gasteiger partial charge in [-0.1, -0.05) is 6.92 Å². The number of nitrogens with zero attached hydrogens (tertiary/aromatic N) is 3. The van der Waals surface area contributed by atoms with Crippen molar-refractivity contribution in [1.29, 1.82) is 0 Å². The lowest BCUT2D eigenvalue weighted by atomic mass is 9.93. The van der Waals surface area contributed by atoms with Crippen LogP contribution >= 0.6 is 0 Å². The first-order chi connectivity index (χ1) is 11.3. The first kappa shape index (κ1) is 17.2. The topological polar surface area (TPSA) is 69.3 Å². The number of aromatic nitrogens is 2. The molecule has 1 N–H and O–H groups in total. The Bertz CT molecular complexity index is 815. The second-order valence-corrected chi connectivity index (χ2v) is 9.46. The number of aromatic amines is 1. The van der Waals surface area contributed by atoms with Crippen molar-refractivity contribution >= 4 is 26.7 Å². The standard InChI is InChI=1S/C17H26N4O2S/c1-12(2)24(22,23)21-10-7-13(3)16(11-21)20(4)15-6-9-19-17-14(15)5-8-18-17/h5-6,8-9,12-13,16H,7,10-11H2,1-4H3,(H,18,19). The molecule has 132 valence electrons. The number of fused-ring (bicyclic) bond motifs is 1. The molecule has 0 aromatic carbocycles. The largest absolute Gasteiger partial charge is 0.369 e. The second kappa shape index (κ2) is 6.37. The Morgan fingerprint density at radius 3 is 2.83 bits per heavy atom. The number of likely N-dealkylation sites (N-methyl/N-ethyl adjacent to an activating group) is 1. The molecule has 2 aromatic rings. The van der Waals surface area contributed by atoms with Gasteiger partial charge in [-0.25, -0.2) is 13.4 Å². The van der Waals surface area contributed by atoms with Crippen molar-refractivity contribution in [3.05, 3.63) is 24.5 Å². The van der Waals surface area contributed by atoms with E-state index in [4.69, 9.17) is 0 Å². The summed E-state index contributed by atoms with van der Waals surface area (Å²) in [5, 5.41) is 0.685. The molecular weight excluding hydrogens is 324 g/mol. The van der Waals surface area contributed by atoms with Crippen molar-refractivity contribution in [1.82, 2.24) is 14.3 Å². The van der Waals surface area contributed by atoms with Crippen LogP contribution in [0.15, 0.2) is 24.5 Å². The van der Waals surface area contributed by atoms with E-state index in [1.54, 1.807) is 24.3 Å². The fourth-order valence-electron chi connectivity index (χ4n) is 3.49. The van der Waals surface area contributed by atoms with Crippen LogP contribution in [0.2, 0.25) is 0 Å². The SMILES string of the molecule is CC1CCN(S(=O)(=O)C(C)C)CC1N(C)c1ccnc2[nH]ccc12. The molecule has 3 heterocycles. The van der Waals surface area contributed by atoms with Gasteiger partial charge in [-0.3, -0.25) is 0 Å². The van der Waals surface area contributed by atoms with Crippen LogP contribution in [0.3, 0.4) is 0 Å². The van der Waals surface area contributed by atoms with Gasteiger partial charge in [0.1, 0.15) is 5.65 Å². The summed E-state index contributed by atoms with van der Waals surface area (Å²) >= 11 is 0. The van der Waals surface area contributed by atoms with Crippen molar-refractivity contribution in [2.75, 3.05) is 25.0 Å². The Labute approximate surface area is 143 Å². The second-order valence-electron chi connectivity index (χ2n) is 6.97. The molecule has 3 rings (SSSR count). The molecule has 0 radical (unpaired) electrons. The van der Waals surface area contributed by atoms with Crippen LogP contribution in [0, 0.1) is 5.92 Å². The molecule has 1 saturated heterocycles. The quantitative estimate of drug-likeness (QED) is 0.919. The third-order valence-electron chi connectivity index (χ3n) is 5.15. The van der Waals surface area contributed by atoms with E-state index in [-0.39, 0.29) is 11.3 Å². The number of pyridine rings is 1. The first-order valence-electron chi connectivity index (χ1n) is 8.46. The van der Waals surface area contributed by atoms with Crippen LogP contribution in [0.4, 0.5) is 5.69 Å². The average molecular weight is 350 g/mol. The van der Waals surface area contributed by atoms with Crippen LogP contribution < -0.4 is 4.90 Å². The molecular formula is C17H26N4O2S. The Morgan fingerprint density at radius 1 is 1.38 bits per heavy atom. The smallest absolute Gasteiger partial charge is 0.216 e. The van der Waals surface area contributed by atoms with Crippen molar-refractivity contribution < 1.29 is 8.42 Å². The van der Waals surface area contributed by atoms with E-state index >= 15 is 0 Å². The Hall–Kier alpha value is -1.60. The zero-order valence-corrected chi connectivity index (χ0v) is 15.5. The summed E-state index contributed by atoms with van der Waals surface area (Å²) < 4.78 is 26.8. The molecule has 2 atom stereocenters. The molecule has 1 aliphatic heterocycles. The van der Waals surface area contributed by atoms with Gasteiger partial charge in [-0.05, 0) is 38.3 Å². The normalized spacial score (nSPS) is 23.0. The van der Waals surface area contributed by atoms with Crippen molar-refractivity contribution in [3.63, 3.8) is 0 Å². The molecule has 7 heteroatoms. The minimum absolute atomic E-state index is 0.146. The highest BCUT2D eigenvalue weighted by molar-refractivity contribution is 7.89. The summed E-state index contributed by atoms with van der Waals surface area (Å²) in [5.41, 5.74) is 1.94. The van der Waals surface area contributed by atoms with Gasteiger partial charge >= 0.3 is 0 Å². The lowest BCUT2D eigenvalue weighted by molar-refractivity contribution is 0.246. The zero-order chi connectivity index (χ0) is 17.5. The predicted octanol–water partition coefficient (Wildman–Crippen LogP) is 2.45. The Balaban J connectivity index is 1.90. The van der Waals surface area contributed by atoms with Crippen LogP contribution in [0.5, 0.6) is 0 Å². The lowest BCUT2D eigenvalue weighted by Gasteiger charge is -2.42. The predicted molar refractivity (Wildman–Crippen MR) is 97.7 cm³/mol. The van der Waals surface area contributed by atoms with Gasteiger partial charge < -0.3 is 9.88 Å². The van der Waals surface area contributed by atoms with Gasteiger partial charge in [0.15, 0.2) is 0 Å². The molecule has 1 fully saturated rings. The van der Waals surface area contributed by atoms with Gasteiger partial charge in [0, 0.05) is 49.6 Å². The highest BCUT2D eigenvalue weighted by Gasteiger charge is 2.36. The van der Waals surface area contributed by atoms with E-state index in [1.165, 1.54) is 0 Å². The molecule has 0 saturated carbocycles. The van der Waals surface area contributed by atoms with Gasteiger partial charge in [0.25, 0.3) is 0 Å². The van der Waals surface area contributed by atoms with E-state index in [0.29, 0.717) is 19.0 Å². The summed E-state index contributed by atoms with van der Waals surface area (Å²) in [5.74, 6) is 0.427. The molecule has 2 aromatic heterocycles. The minimum Gasteiger partial charge on any atom is -0.369 e. The maximum atomic E-state index is 12.6. The molecule has 1 aliphatic rings. The minimum atomic E-state index is -3.22. The summed E-state index contributed by atoms with van der Waals surface area (Å²) in [6, 6.07) is 4.16. The van der Waals surface area contributed by atoms with E-state index < -0.39 is 10.0 Å². The number of sulfonamides is 1. The van der Waals surface area contributed by atoms with Crippen LogP contribution in [0.1, 0.15) is 27.2 Å². The lowest BCUT2D eigenvalue weighted by Crippen LogP contribution is -2.53. The molecule has 6 nitrogen and oxygen atoms in total. The third kappa shape index (κ3) is 2.91. The van der Waals surface area contributed by atoms with E-state index in [2.05, 4.69) is 28.8 Å². The van der Waals surface area contributed by atoms with Gasteiger partial charge in [-0.2, -0.15) is 4.31 Å². The number of hydrogen-bond acceptors (Lipinski definition) is 4. The van der Waals surface area contributed by atoms with Gasteiger partial charge in [-0.15, -0.1) is 0 Å². The Morgan fingerprint density at radius 2 is 2.12 bits per heavy atom. The van der Waals surface area contributed by atoms with Crippen LogP contribution in [0.25, 0.3) is 11.0 Å². The summed E-state index contributed by atoms with van der Waals surface area (Å²) in [6.45, 7) is 6.85. The fraction of sp³-hybridized carbons (Fsp3) is 0.588. The molecule has 0 amide bonds. The molecule has 2 unspecified atom stereocenters. The van der Waals surface area contributed by atoms with Gasteiger partial charge in [0.05, 0.1) is 5.25 Å². The number of piperidine rings is 1. The summed E-state index contributed by atoms with van der Waals surface area (Å²) in [7, 11) is -1.17. The maximum Gasteiger partial charge on any atom is 0.216 e.